The molecular weight excluding hydrogens is 134 g/mol. The molecule has 0 aliphatic heterocycles. The Bertz CT molecular complexity index is 123. The van der Waals surface area contributed by atoms with E-state index in [1.807, 2.05) is 13.0 Å². The standard InChI is InChI=1S/C7H13N.C3H6/c1-3-4-7(2)5-6-8;1-3-2/h3-4H,1,5-6,8H2,2H3;3H,1H2,2H3/b7-4+;. The largest absolute Gasteiger partial charge is 0.330 e. The maximum Gasteiger partial charge on any atom is -0.00399 e. The maximum absolute atomic E-state index is 5.28. The summed E-state index contributed by atoms with van der Waals surface area (Å²) in [4.78, 5) is 0. The number of hydrogen-bond donors (Lipinski definition) is 1. The van der Waals surface area contributed by atoms with E-state index in [1.54, 1.807) is 12.2 Å². The van der Waals surface area contributed by atoms with Crippen LogP contribution in [0.15, 0.2) is 37.0 Å². The van der Waals surface area contributed by atoms with E-state index < -0.39 is 0 Å². The summed E-state index contributed by atoms with van der Waals surface area (Å²) in [6.45, 7) is 11.6. The van der Waals surface area contributed by atoms with Crippen molar-refractivity contribution in [2.24, 2.45) is 5.73 Å². The van der Waals surface area contributed by atoms with Gasteiger partial charge in [-0.3, -0.25) is 0 Å². The molecule has 0 saturated carbocycles. The van der Waals surface area contributed by atoms with Crippen LogP contribution in [-0.4, -0.2) is 6.54 Å². The van der Waals surface area contributed by atoms with Crippen molar-refractivity contribution in [1.29, 1.82) is 0 Å². The fourth-order valence-corrected chi connectivity index (χ4v) is 0.512. The quantitative estimate of drug-likeness (QED) is 0.489. The SMILES string of the molecule is C=C/C=C(\C)CCN.C=CC. The van der Waals surface area contributed by atoms with E-state index in [1.165, 1.54) is 5.57 Å². The normalized spacial score (nSPS) is 9.55. The predicted molar refractivity (Wildman–Crippen MR) is 53.5 cm³/mol. The Hall–Kier alpha value is -0.820. The van der Waals surface area contributed by atoms with E-state index in [4.69, 9.17) is 5.73 Å². The molecule has 0 saturated heterocycles. The molecule has 0 atom stereocenters. The van der Waals surface area contributed by atoms with Gasteiger partial charge in [-0.05, 0) is 26.8 Å². The average Bonchev–Trinajstić information content (AvgIpc) is 1.90. The molecule has 0 rings (SSSR count). The molecule has 64 valence electrons. The molecule has 0 aliphatic carbocycles. The smallest absolute Gasteiger partial charge is 0.00399 e. The third-order valence-electron chi connectivity index (χ3n) is 0.941. The molecule has 0 fully saturated rings. The highest BCUT2D eigenvalue weighted by atomic mass is 14.5. The van der Waals surface area contributed by atoms with E-state index in [0.717, 1.165) is 13.0 Å². The molecule has 0 amide bonds. The van der Waals surface area contributed by atoms with Crippen LogP contribution in [0.2, 0.25) is 0 Å². The lowest BCUT2D eigenvalue weighted by Crippen LogP contribution is -1.97. The Balaban J connectivity index is 0. The van der Waals surface area contributed by atoms with Gasteiger partial charge in [0.05, 0.1) is 0 Å². The zero-order valence-corrected chi connectivity index (χ0v) is 7.64. The maximum atomic E-state index is 5.28. The Kier molecular flexibility index (Phi) is 13.9. The third-order valence-corrected chi connectivity index (χ3v) is 0.941. The fraction of sp³-hybridized carbons (Fsp3) is 0.400. The second kappa shape index (κ2) is 11.9. The molecule has 0 radical (unpaired) electrons. The molecule has 0 heterocycles. The summed E-state index contributed by atoms with van der Waals surface area (Å²) in [7, 11) is 0. The number of rotatable bonds is 3. The molecule has 0 bridgehead atoms. The summed E-state index contributed by atoms with van der Waals surface area (Å²) < 4.78 is 0. The van der Waals surface area contributed by atoms with E-state index in [9.17, 15) is 0 Å². The Morgan fingerprint density at radius 3 is 2.18 bits per heavy atom. The highest BCUT2D eigenvalue weighted by Gasteiger charge is 1.81. The number of hydrogen-bond acceptors (Lipinski definition) is 1. The summed E-state index contributed by atoms with van der Waals surface area (Å²) in [5.41, 5.74) is 6.58. The van der Waals surface area contributed by atoms with Crippen LogP contribution in [0, 0.1) is 0 Å². The molecule has 0 unspecified atom stereocenters. The molecule has 2 N–H and O–H groups in total. The van der Waals surface area contributed by atoms with Gasteiger partial charge >= 0.3 is 0 Å². The van der Waals surface area contributed by atoms with Crippen LogP contribution in [0.4, 0.5) is 0 Å². The van der Waals surface area contributed by atoms with Gasteiger partial charge in [0.25, 0.3) is 0 Å². The first kappa shape index (κ1) is 12.8. The highest BCUT2D eigenvalue weighted by molar-refractivity contribution is 5.07. The molecule has 0 aromatic carbocycles. The van der Waals surface area contributed by atoms with Crippen molar-refractivity contribution >= 4 is 0 Å². The number of allylic oxidation sites excluding steroid dienone is 3. The molecule has 1 nitrogen and oxygen atoms in total. The molecule has 0 aromatic heterocycles. The van der Waals surface area contributed by atoms with Crippen LogP contribution < -0.4 is 5.73 Å². The first-order chi connectivity index (χ1) is 5.22. The summed E-state index contributed by atoms with van der Waals surface area (Å²) in [6.07, 6.45) is 6.49. The Labute approximate surface area is 70.3 Å². The van der Waals surface area contributed by atoms with Gasteiger partial charge < -0.3 is 5.73 Å². The van der Waals surface area contributed by atoms with Crippen LogP contribution in [0.5, 0.6) is 0 Å². The topological polar surface area (TPSA) is 26.0 Å². The Morgan fingerprint density at radius 2 is 1.91 bits per heavy atom. The van der Waals surface area contributed by atoms with Gasteiger partial charge in [0, 0.05) is 0 Å². The second-order valence-electron chi connectivity index (χ2n) is 2.20. The van der Waals surface area contributed by atoms with Crippen molar-refractivity contribution in [2.45, 2.75) is 20.3 Å². The molecule has 0 aliphatic rings. The van der Waals surface area contributed by atoms with Crippen molar-refractivity contribution < 1.29 is 0 Å². The molecule has 11 heavy (non-hydrogen) atoms. The van der Waals surface area contributed by atoms with Crippen molar-refractivity contribution in [3.05, 3.63) is 37.0 Å². The summed E-state index contributed by atoms with van der Waals surface area (Å²) in [6, 6.07) is 0. The van der Waals surface area contributed by atoms with Gasteiger partial charge in [0.1, 0.15) is 0 Å². The molecule has 1 heteroatoms. The zero-order chi connectivity index (χ0) is 9.11. The summed E-state index contributed by atoms with van der Waals surface area (Å²) >= 11 is 0. The van der Waals surface area contributed by atoms with Crippen LogP contribution in [-0.2, 0) is 0 Å². The minimum absolute atomic E-state index is 0.732. The van der Waals surface area contributed by atoms with Crippen LogP contribution in [0.1, 0.15) is 20.3 Å². The van der Waals surface area contributed by atoms with Gasteiger partial charge in [0.2, 0.25) is 0 Å². The molecule has 0 spiro atoms. The third kappa shape index (κ3) is 17.6. The lowest BCUT2D eigenvalue weighted by Gasteiger charge is -1.91. The van der Waals surface area contributed by atoms with Crippen molar-refractivity contribution in [3.8, 4) is 0 Å². The lowest BCUT2D eigenvalue weighted by molar-refractivity contribution is 0.951. The minimum atomic E-state index is 0.732. The van der Waals surface area contributed by atoms with Crippen molar-refractivity contribution in [1.82, 2.24) is 0 Å². The van der Waals surface area contributed by atoms with Gasteiger partial charge in [-0.1, -0.05) is 30.4 Å². The monoisotopic (exact) mass is 153 g/mol. The van der Waals surface area contributed by atoms with Gasteiger partial charge in [-0.25, -0.2) is 0 Å². The highest BCUT2D eigenvalue weighted by Crippen LogP contribution is 1.95. The molecule has 0 aromatic rings. The van der Waals surface area contributed by atoms with E-state index in [2.05, 4.69) is 20.1 Å². The lowest BCUT2D eigenvalue weighted by atomic mass is 10.2. The van der Waals surface area contributed by atoms with Gasteiger partial charge in [-0.2, -0.15) is 0 Å². The number of nitrogens with two attached hydrogens (primary N) is 1. The van der Waals surface area contributed by atoms with Crippen molar-refractivity contribution in [3.63, 3.8) is 0 Å². The predicted octanol–water partition coefficient (Wildman–Crippen LogP) is 2.66. The van der Waals surface area contributed by atoms with E-state index in [0.29, 0.717) is 0 Å². The van der Waals surface area contributed by atoms with E-state index in [-0.39, 0.29) is 0 Å². The van der Waals surface area contributed by atoms with Crippen LogP contribution >= 0.6 is 0 Å². The zero-order valence-electron chi connectivity index (χ0n) is 7.64. The van der Waals surface area contributed by atoms with Crippen LogP contribution in [0.3, 0.4) is 0 Å². The Morgan fingerprint density at radius 1 is 1.45 bits per heavy atom. The second-order valence-corrected chi connectivity index (χ2v) is 2.20. The fourth-order valence-electron chi connectivity index (χ4n) is 0.512. The first-order valence-corrected chi connectivity index (χ1v) is 3.78. The average molecular weight is 153 g/mol. The van der Waals surface area contributed by atoms with Gasteiger partial charge in [0.15, 0.2) is 0 Å². The van der Waals surface area contributed by atoms with E-state index >= 15 is 0 Å². The summed E-state index contributed by atoms with van der Waals surface area (Å²) in [5, 5.41) is 0. The summed E-state index contributed by atoms with van der Waals surface area (Å²) in [5.74, 6) is 0. The minimum Gasteiger partial charge on any atom is -0.330 e. The first-order valence-electron chi connectivity index (χ1n) is 3.78. The molecular formula is C10H19N. The van der Waals surface area contributed by atoms with Gasteiger partial charge in [-0.15, -0.1) is 6.58 Å². The van der Waals surface area contributed by atoms with Crippen LogP contribution in [0.25, 0.3) is 0 Å². The van der Waals surface area contributed by atoms with Crippen molar-refractivity contribution in [2.75, 3.05) is 6.54 Å².